The van der Waals surface area contributed by atoms with Gasteiger partial charge in [0.2, 0.25) is 0 Å². The van der Waals surface area contributed by atoms with Crippen LogP contribution in [0.5, 0.6) is 0 Å². The first-order chi connectivity index (χ1) is 12.0. The molecule has 1 saturated heterocycles. The lowest BCUT2D eigenvalue weighted by atomic mass is 10.4. The van der Waals surface area contributed by atoms with Gasteiger partial charge in [-0.3, -0.25) is 15.2 Å². The summed E-state index contributed by atoms with van der Waals surface area (Å²) in [7, 11) is -4.14. The van der Waals surface area contributed by atoms with Gasteiger partial charge in [-0.15, -0.1) is 16.2 Å². The Morgan fingerprint density at radius 2 is 2.08 bits per heavy atom. The van der Waals surface area contributed by atoms with E-state index in [9.17, 15) is 17.6 Å². The van der Waals surface area contributed by atoms with E-state index < -0.39 is 26.6 Å². The van der Waals surface area contributed by atoms with Crippen molar-refractivity contribution in [2.75, 3.05) is 31.2 Å². The van der Waals surface area contributed by atoms with Crippen molar-refractivity contribution in [1.29, 1.82) is 0 Å². The van der Waals surface area contributed by atoms with E-state index in [-0.39, 0.29) is 5.69 Å². The number of thiazole rings is 1. The van der Waals surface area contributed by atoms with Gasteiger partial charge >= 0.3 is 0 Å². The molecule has 1 aliphatic rings. The number of sulfonamides is 1. The molecule has 1 aliphatic heterocycles. The van der Waals surface area contributed by atoms with Gasteiger partial charge in [0, 0.05) is 24.7 Å². The van der Waals surface area contributed by atoms with Crippen molar-refractivity contribution in [3.8, 4) is 0 Å². The van der Waals surface area contributed by atoms with E-state index in [0.717, 1.165) is 18.5 Å². The van der Waals surface area contributed by atoms with Gasteiger partial charge in [0.05, 0.1) is 19.4 Å². The second kappa shape index (κ2) is 7.39. The first-order valence-electron chi connectivity index (χ1n) is 7.16. The van der Waals surface area contributed by atoms with Crippen molar-refractivity contribution in [3.63, 3.8) is 0 Å². The number of anilines is 1. The number of carbonyl (C=O) groups is 1. The number of hydrogen-bond acceptors (Lipinski definition) is 8. The monoisotopic (exact) mass is 387 g/mol. The number of aromatic nitrogens is 2. The van der Waals surface area contributed by atoms with Gasteiger partial charge in [0.15, 0.2) is 5.13 Å². The largest absolute Gasteiger partial charge is 0.378 e. The number of nitrogens with one attached hydrogen (secondary N) is 2. The molecule has 1 fully saturated rings. The number of rotatable bonds is 5. The van der Waals surface area contributed by atoms with Crippen LogP contribution in [-0.2, 0) is 14.8 Å². The molecule has 0 spiro atoms. The average Bonchev–Trinajstić information content (AvgIpc) is 3.11. The van der Waals surface area contributed by atoms with Gasteiger partial charge in [0.1, 0.15) is 16.4 Å². The first-order valence-corrected chi connectivity index (χ1v) is 9.53. The number of morpholine rings is 1. The SMILES string of the molecule is O=C(NNS(=O)(=O)c1cncc(F)c1)c1csc(N2CCOCC2)n1. The lowest BCUT2D eigenvalue weighted by Gasteiger charge is -2.25. The molecule has 3 heterocycles. The lowest BCUT2D eigenvalue weighted by molar-refractivity contribution is 0.0940. The summed E-state index contributed by atoms with van der Waals surface area (Å²) in [5.41, 5.74) is 2.12. The number of pyridine rings is 1. The highest BCUT2D eigenvalue weighted by molar-refractivity contribution is 7.89. The summed E-state index contributed by atoms with van der Waals surface area (Å²) in [6, 6.07) is 0.793. The van der Waals surface area contributed by atoms with Crippen molar-refractivity contribution in [3.05, 3.63) is 35.4 Å². The highest BCUT2D eigenvalue weighted by Crippen LogP contribution is 2.21. The maximum Gasteiger partial charge on any atom is 0.285 e. The summed E-state index contributed by atoms with van der Waals surface area (Å²) in [6.45, 7) is 2.52. The van der Waals surface area contributed by atoms with Crippen LogP contribution in [-0.4, -0.2) is 50.6 Å². The average molecular weight is 387 g/mol. The van der Waals surface area contributed by atoms with Crippen LogP contribution in [0, 0.1) is 5.82 Å². The smallest absolute Gasteiger partial charge is 0.285 e. The van der Waals surface area contributed by atoms with Crippen LogP contribution in [0.15, 0.2) is 28.7 Å². The predicted octanol–water partition coefficient (Wildman–Crippen LogP) is 0.137. The van der Waals surface area contributed by atoms with E-state index in [1.165, 1.54) is 16.7 Å². The number of hydrogen-bond donors (Lipinski definition) is 2. The third-order valence-electron chi connectivity index (χ3n) is 3.30. The van der Waals surface area contributed by atoms with E-state index in [2.05, 4.69) is 9.97 Å². The summed E-state index contributed by atoms with van der Waals surface area (Å²) < 4.78 is 42.3. The molecule has 0 aromatic carbocycles. The van der Waals surface area contributed by atoms with Gasteiger partial charge in [-0.05, 0) is 6.07 Å². The summed E-state index contributed by atoms with van der Waals surface area (Å²) in [5, 5.41) is 2.18. The summed E-state index contributed by atoms with van der Waals surface area (Å²) in [4.78, 5) is 23.2. The second-order valence-electron chi connectivity index (χ2n) is 5.01. The van der Waals surface area contributed by atoms with Crippen molar-refractivity contribution in [2.45, 2.75) is 4.90 Å². The van der Waals surface area contributed by atoms with E-state index in [1.807, 2.05) is 15.2 Å². The number of ether oxygens (including phenoxy) is 1. The highest BCUT2D eigenvalue weighted by atomic mass is 32.2. The Bertz CT molecular complexity index is 867. The highest BCUT2D eigenvalue weighted by Gasteiger charge is 2.20. The summed E-state index contributed by atoms with van der Waals surface area (Å²) in [5.74, 6) is -1.52. The van der Waals surface area contributed by atoms with E-state index >= 15 is 0 Å². The molecule has 2 N–H and O–H groups in total. The van der Waals surface area contributed by atoms with Crippen molar-refractivity contribution in [2.24, 2.45) is 0 Å². The topological polar surface area (TPSA) is 114 Å². The van der Waals surface area contributed by atoms with Gasteiger partial charge < -0.3 is 9.64 Å². The third kappa shape index (κ3) is 4.28. The molecule has 0 aliphatic carbocycles. The van der Waals surface area contributed by atoms with Crippen LogP contribution in [0.25, 0.3) is 0 Å². The molecule has 2 aromatic heterocycles. The number of hydrazine groups is 1. The van der Waals surface area contributed by atoms with E-state index in [1.54, 1.807) is 0 Å². The van der Waals surface area contributed by atoms with E-state index in [4.69, 9.17) is 4.74 Å². The molecule has 9 nitrogen and oxygen atoms in total. The van der Waals surface area contributed by atoms with Crippen molar-refractivity contribution < 1.29 is 22.3 Å². The first kappa shape index (κ1) is 17.7. The number of amides is 1. The van der Waals surface area contributed by atoms with Crippen LogP contribution in [0.3, 0.4) is 0 Å². The second-order valence-corrected chi connectivity index (χ2v) is 7.53. The molecule has 0 unspecified atom stereocenters. The van der Waals surface area contributed by atoms with Crippen LogP contribution >= 0.6 is 11.3 Å². The van der Waals surface area contributed by atoms with E-state index in [0.29, 0.717) is 31.4 Å². The standard InChI is InChI=1S/C13H14FN5O4S2/c14-9-5-10(7-15-6-9)25(21,22)18-17-12(20)11-8-24-13(16-11)19-1-3-23-4-2-19/h5-8,18H,1-4H2,(H,17,20). The van der Waals surface area contributed by atoms with Crippen LogP contribution in [0.1, 0.15) is 10.5 Å². The van der Waals surface area contributed by atoms with Crippen molar-refractivity contribution in [1.82, 2.24) is 20.2 Å². The number of halogens is 1. The third-order valence-corrected chi connectivity index (χ3v) is 5.41. The van der Waals surface area contributed by atoms with Gasteiger partial charge in [-0.2, -0.15) is 0 Å². The predicted molar refractivity (Wildman–Crippen MR) is 87.1 cm³/mol. The zero-order valence-corrected chi connectivity index (χ0v) is 14.4. The molecule has 12 heteroatoms. The number of nitrogens with zero attached hydrogens (tertiary/aromatic N) is 3. The van der Waals surface area contributed by atoms with Crippen LogP contribution < -0.4 is 15.2 Å². The molecular formula is C13H14FN5O4S2. The molecule has 2 aromatic rings. The Labute approximate surface area is 146 Å². The Balaban J connectivity index is 1.63. The van der Waals surface area contributed by atoms with Gasteiger partial charge in [-0.25, -0.2) is 17.8 Å². The zero-order valence-electron chi connectivity index (χ0n) is 12.8. The lowest BCUT2D eigenvalue weighted by Crippen LogP contribution is -2.41. The molecule has 1 amide bonds. The minimum Gasteiger partial charge on any atom is -0.378 e. The molecule has 0 saturated carbocycles. The molecule has 134 valence electrons. The molecular weight excluding hydrogens is 373 g/mol. The maximum absolute atomic E-state index is 13.1. The quantitative estimate of drug-likeness (QED) is 0.702. The molecule has 25 heavy (non-hydrogen) atoms. The minimum atomic E-state index is -4.14. The molecule has 0 radical (unpaired) electrons. The molecule has 3 rings (SSSR count). The summed E-state index contributed by atoms with van der Waals surface area (Å²) >= 11 is 1.28. The Morgan fingerprint density at radius 3 is 2.80 bits per heavy atom. The Hall–Kier alpha value is -2.15. The Kier molecular flexibility index (Phi) is 5.22. The zero-order chi connectivity index (χ0) is 17.9. The fraction of sp³-hybridized carbons (Fsp3) is 0.308. The fourth-order valence-electron chi connectivity index (χ4n) is 2.04. The van der Waals surface area contributed by atoms with Crippen molar-refractivity contribution >= 4 is 32.4 Å². The van der Waals surface area contributed by atoms with Gasteiger partial charge in [0.25, 0.3) is 15.9 Å². The number of carbonyl (C=O) groups excluding carboxylic acids is 1. The normalized spacial score (nSPS) is 15.2. The fourth-order valence-corrected chi connectivity index (χ4v) is 3.72. The Morgan fingerprint density at radius 1 is 1.32 bits per heavy atom. The van der Waals surface area contributed by atoms with Crippen LogP contribution in [0.2, 0.25) is 0 Å². The molecule has 0 atom stereocenters. The minimum absolute atomic E-state index is 0.0755. The molecule has 0 bridgehead atoms. The van der Waals surface area contributed by atoms with Crippen LogP contribution in [0.4, 0.5) is 9.52 Å². The maximum atomic E-state index is 13.1. The van der Waals surface area contributed by atoms with Gasteiger partial charge in [-0.1, -0.05) is 0 Å². The summed E-state index contributed by atoms with van der Waals surface area (Å²) in [6.07, 6.45) is 1.84.